The highest BCUT2D eigenvalue weighted by Gasteiger charge is 2.29. The maximum absolute atomic E-state index is 11.9. The number of carbonyl (C=O) groups excluding carboxylic acids is 1. The summed E-state index contributed by atoms with van der Waals surface area (Å²) >= 11 is 2.99. The van der Waals surface area contributed by atoms with Crippen molar-refractivity contribution in [3.05, 3.63) is 35.3 Å². The number of anilines is 4. The minimum absolute atomic E-state index is 0.105. The maximum Gasteiger partial charge on any atom is 0.234 e. The number of aryl methyl sites for hydroxylation is 1. The van der Waals surface area contributed by atoms with E-state index in [1.807, 2.05) is 37.4 Å². The van der Waals surface area contributed by atoms with Crippen molar-refractivity contribution in [1.29, 1.82) is 0 Å². The number of benzene rings is 1. The maximum atomic E-state index is 11.9. The third-order valence-electron chi connectivity index (χ3n) is 4.55. The molecular weight excluding hydrogens is 430 g/mol. The van der Waals surface area contributed by atoms with Gasteiger partial charge < -0.3 is 10.6 Å². The van der Waals surface area contributed by atoms with E-state index in [9.17, 15) is 4.79 Å². The largest absolute Gasteiger partial charge is 0.354 e. The first-order chi connectivity index (χ1) is 15.1. The van der Waals surface area contributed by atoms with E-state index in [0.29, 0.717) is 17.1 Å². The summed E-state index contributed by atoms with van der Waals surface area (Å²) in [6.07, 6.45) is 5.92. The molecule has 2 aromatic heterocycles. The molecule has 0 unspecified atom stereocenters. The highest BCUT2D eigenvalue weighted by molar-refractivity contribution is 7.99. The molecule has 0 bridgehead atoms. The molecule has 8 nitrogen and oxygen atoms in total. The normalized spacial score (nSPS) is 13.1. The molecule has 3 aromatic rings. The van der Waals surface area contributed by atoms with Crippen LogP contribution in [0.2, 0.25) is 0 Å². The number of hydrogen-bond acceptors (Lipinski definition) is 9. The Labute approximate surface area is 189 Å². The van der Waals surface area contributed by atoms with Gasteiger partial charge in [-0.15, -0.1) is 11.3 Å². The third kappa shape index (κ3) is 6.38. The third-order valence-corrected chi connectivity index (χ3v) is 6.25. The lowest BCUT2D eigenvalue weighted by Gasteiger charge is -2.09. The van der Waals surface area contributed by atoms with Crippen molar-refractivity contribution >= 4 is 51.7 Å². The van der Waals surface area contributed by atoms with E-state index >= 15 is 0 Å². The molecule has 4 rings (SSSR count). The van der Waals surface area contributed by atoms with Crippen LogP contribution in [0.25, 0.3) is 0 Å². The van der Waals surface area contributed by atoms with Gasteiger partial charge in [-0.1, -0.05) is 13.3 Å². The molecule has 1 fully saturated rings. The van der Waals surface area contributed by atoms with E-state index in [2.05, 4.69) is 42.8 Å². The fraction of sp³-hybridized carbons (Fsp3) is 0.381. The quantitative estimate of drug-likeness (QED) is 0.363. The first kappa shape index (κ1) is 21.5. The second-order valence-corrected chi connectivity index (χ2v) is 9.61. The summed E-state index contributed by atoms with van der Waals surface area (Å²) in [6.45, 7) is 4.95. The van der Waals surface area contributed by atoms with Crippen molar-refractivity contribution in [3.8, 4) is 0 Å². The highest BCUT2D eigenvalue weighted by Crippen LogP contribution is 2.31. The van der Waals surface area contributed by atoms with E-state index in [-0.39, 0.29) is 11.8 Å². The molecule has 1 aliphatic carbocycles. The fourth-order valence-electron chi connectivity index (χ4n) is 2.72. The van der Waals surface area contributed by atoms with Gasteiger partial charge in [0.15, 0.2) is 10.3 Å². The molecule has 0 aliphatic heterocycles. The first-order valence-corrected chi connectivity index (χ1v) is 12.0. The molecule has 3 N–H and O–H groups in total. The number of hydrogen-bond donors (Lipinski definition) is 3. The fourth-order valence-corrected chi connectivity index (χ4v) is 4.13. The van der Waals surface area contributed by atoms with Crippen molar-refractivity contribution in [2.75, 3.05) is 22.5 Å². The van der Waals surface area contributed by atoms with Crippen LogP contribution >= 0.6 is 23.1 Å². The van der Waals surface area contributed by atoms with E-state index in [1.165, 1.54) is 11.8 Å². The Morgan fingerprint density at radius 1 is 1.16 bits per heavy atom. The van der Waals surface area contributed by atoms with Crippen LogP contribution in [0.15, 0.2) is 40.5 Å². The van der Waals surface area contributed by atoms with E-state index < -0.39 is 0 Å². The van der Waals surface area contributed by atoms with Gasteiger partial charge in [0, 0.05) is 34.1 Å². The Balaban J connectivity index is 1.47. The number of nitrogens with one attached hydrogen (secondary N) is 3. The molecule has 0 saturated heterocycles. The van der Waals surface area contributed by atoms with Crippen LogP contribution < -0.4 is 16.0 Å². The van der Waals surface area contributed by atoms with Gasteiger partial charge in [-0.25, -0.2) is 4.98 Å². The van der Waals surface area contributed by atoms with E-state index in [0.717, 1.165) is 52.8 Å². The van der Waals surface area contributed by atoms with Crippen LogP contribution in [-0.4, -0.2) is 32.4 Å². The smallest absolute Gasteiger partial charge is 0.234 e. The van der Waals surface area contributed by atoms with Gasteiger partial charge in [0.2, 0.25) is 17.8 Å². The SMILES string of the molecule is CCCCNc1nc(Nc2ncc(C)s2)nc(Sc2ccc(NC(=O)C3CC3)cc2)n1. The molecule has 31 heavy (non-hydrogen) atoms. The molecule has 0 atom stereocenters. The summed E-state index contributed by atoms with van der Waals surface area (Å²) < 4.78 is 0. The topological polar surface area (TPSA) is 105 Å². The number of thiazole rings is 1. The van der Waals surface area contributed by atoms with Gasteiger partial charge in [-0.05, 0) is 62.2 Å². The Bertz CT molecular complexity index is 1030. The Kier molecular flexibility index (Phi) is 6.98. The molecular formula is C21H25N7OS2. The summed E-state index contributed by atoms with van der Waals surface area (Å²) in [5, 5.41) is 10.7. The predicted octanol–water partition coefficient (Wildman–Crippen LogP) is 5.09. The average molecular weight is 456 g/mol. The summed E-state index contributed by atoms with van der Waals surface area (Å²) in [5.74, 6) is 1.29. The molecule has 1 aromatic carbocycles. The molecule has 162 valence electrons. The van der Waals surface area contributed by atoms with Crippen LogP contribution in [-0.2, 0) is 4.79 Å². The number of carbonyl (C=O) groups is 1. The van der Waals surface area contributed by atoms with Crippen LogP contribution in [0.3, 0.4) is 0 Å². The second kappa shape index (κ2) is 10.1. The molecule has 0 spiro atoms. The highest BCUT2D eigenvalue weighted by atomic mass is 32.2. The molecule has 1 amide bonds. The minimum Gasteiger partial charge on any atom is -0.354 e. The average Bonchev–Trinajstić information content (AvgIpc) is 3.52. The minimum atomic E-state index is 0.105. The van der Waals surface area contributed by atoms with Crippen LogP contribution in [0.4, 0.5) is 22.7 Å². The first-order valence-electron chi connectivity index (χ1n) is 10.4. The number of aromatic nitrogens is 4. The number of unbranched alkanes of at least 4 members (excludes halogenated alkanes) is 1. The van der Waals surface area contributed by atoms with E-state index in [4.69, 9.17) is 0 Å². The van der Waals surface area contributed by atoms with Gasteiger partial charge in [0.1, 0.15) is 0 Å². The van der Waals surface area contributed by atoms with Crippen molar-refractivity contribution < 1.29 is 4.79 Å². The lowest BCUT2D eigenvalue weighted by atomic mass is 10.3. The van der Waals surface area contributed by atoms with Crippen LogP contribution in [0.1, 0.15) is 37.5 Å². The number of rotatable bonds is 10. The van der Waals surface area contributed by atoms with Crippen LogP contribution in [0, 0.1) is 12.8 Å². The van der Waals surface area contributed by atoms with Gasteiger partial charge in [-0.3, -0.25) is 10.1 Å². The lowest BCUT2D eigenvalue weighted by molar-refractivity contribution is -0.117. The molecule has 1 aliphatic rings. The predicted molar refractivity (Wildman–Crippen MR) is 125 cm³/mol. The van der Waals surface area contributed by atoms with Gasteiger partial charge in [0.25, 0.3) is 0 Å². The molecule has 2 heterocycles. The Morgan fingerprint density at radius 2 is 1.94 bits per heavy atom. The Hall–Kier alpha value is -2.72. The molecule has 1 saturated carbocycles. The van der Waals surface area contributed by atoms with Gasteiger partial charge >= 0.3 is 0 Å². The monoisotopic (exact) mass is 455 g/mol. The van der Waals surface area contributed by atoms with Crippen LogP contribution in [0.5, 0.6) is 0 Å². The van der Waals surface area contributed by atoms with E-state index in [1.54, 1.807) is 11.3 Å². The zero-order chi connectivity index (χ0) is 21.6. The Morgan fingerprint density at radius 3 is 2.61 bits per heavy atom. The van der Waals surface area contributed by atoms with Crippen molar-refractivity contribution in [2.24, 2.45) is 5.92 Å². The standard InChI is InChI=1S/C21H25N7OS2/c1-3-4-11-22-18-25-19(27-20-23-12-13(2)30-20)28-21(26-18)31-16-9-7-15(8-10-16)24-17(29)14-5-6-14/h7-10,12,14H,3-6,11H2,1-2H3,(H,24,29)(H2,22,23,25,26,27,28). The van der Waals surface area contributed by atoms with Crippen molar-refractivity contribution in [2.45, 2.75) is 49.6 Å². The second-order valence-electron chi connectivity index (χ2n) is 7.34. The number of amides is 1. The van der Waals surface area contributed by atoms with Crippen molar-refractivity contribution in [3.63, 3.8) is 0 Å². The molecule has 0 radical (unpaired) electrons. The zero-order valence-electron chi connectivity index (χ0n) is 17.5. The van der Waals surface area contributed by atoms with Crippen molar-refractivity contribution in [1.82, 2.24) is 19.9 Å². The summed E-state index contributed by atoms with van der Waals surface area (Å²) in [6, 6.07) is 7.72. The number of nitrogens with zero attached hydrogens (tertiary/aromatic N) is 4. The van der Waals surface area contributed by atoms with Gasteiger partial charge in [0.05, 0.1) is 0 Å². The van der Waals surface area contributed by atoms with Gasteiger partial charge in [-0.2, -0.15) is 15.0 Å². The molecule has 10 heteroatoms. The lowest BCUT2D eigenvalue weighted by Crippen LogP contribution is -2.12. The summed E-state index contributed by atoms with van der Waals surface area (Å²) in [7, 11) is 0. The summed E-state index contributed by atoms with van der Waals surface area (Å²) in [5.41, 5.74) is 0.806. The zero-order valence-corrected chi connectivity index (χ0v) is 19.1. The summed E-state index contributed by atoms with van der Waals surface area (Å²) in [4.78, 5) is 31.9.